The van der Waals surface area contributed by atoms with Gasteiger partial charge in [0.25, 0.3) is 0 Å². The largest absolute Gasteiger partial charge is 0.300 e. The van der Waals surface area contributed by atoms with Crippen LogP contribution in [0.1, 0.15) is 20.3 Å². The second-order valence-corrected chi connectivity index (χ2v) is 3.79. The predicted molar refractivity (Wildman–Crippen MR) is 72.9 cm³/mol. The van der Waals surface area contributed by atoms with Crippen LogP contribution >= 0.6 is 0 Å². The van der Waals surface area contributed by atoms with E-state index in [1.54, 1.807) is 6.92 Å². The van der Waals surface area contributed by atoms with E-state index in [1.807, 2.05) is 19.1 Å². The molecule has 0 aromatic heterocycles. The molecule has 1 heteroatoms. The summed E-state index contributed by atoms with van der Waals surface area (Å²) >= 11 is 0. The number of benzene rings is 2. The fraction of sp³-hybridized carbons (Fsp3) is 0.188. The molecule has 88 valence electrons. The average molecular weight is 226 g/mol. The quantitative estimate of drug-likeness (QED) is 0.744. The zero-order valence-electron chi connectivity index (χ0n) is 10.4. The number of carbonyl (C=O) groups is 1. The number of Topliss-reactive ketones (excluding diaryl/α,β-unsaturated/α-hetero) is 1. The van der Waals surface area contributed by atoms with Gasteiger partial charge in [-0.1, -0.05) is 67.6 Å². The molecular formula is C16H18O. The van der Waals surface area contributed by atoms with Gasteiger partial charge in [0.2, 0.25) is 0 Å². The number of hydrogen-bond donors (Lipinski definition) is 0. The Morgan fingerprint density at radius 3 is 1.35 bits per heavy atom. The molecule has 0 unspecified atom stereocenters. The Hall–Kier alpha value is -1.89. The molecular weight excluding hydrogens is 208 g/mol. The van der Waals surface area contributed by atoms with Crippen LogP contribution in [0.2, 0.25) is 0 Å². The Morgan fingerprint density at radius 1 is 0.824 bits per heavy atom. The van der Waals surface area contributed by atoms with E-state index in [-0.39, 0.29) is 5.78 Å². The van der Waals surface area contributed by atoms with Crippen molar-refractivity contribution >= 4 is 5.78 Å². The molecule has 0 N–H and O–H groups in total. The van der Waals surface area contributed by atoms with Crippen molar-refractivity contribution in [3.63, 3.8) is 0 Å². The summed E-state index contributed by atoms with van der Waals surface area (Å²) in [6.45, 7) is 3.43. The Morgan fingerprint density at radius 2 is 1.12 bits per heavy atom. The van der Waals surface area contributed by atoms with E-state index < -0.39 is 0 Å². The van der Waals surface area contributed by atoms with Crippen molar-refractivity contribution in [3.05, 3.63) is 60.7 Å². The minimum absolute atomic E-state index is 0.255. The van der Waals surface area contributed by atoms with Gasteiger partial charge >= 0.3 is 0 Å². The first-order valence-electron chi connectivity index (χ1n) is 5.84. The summed E-state index contributed by atoms with van der Waals surface area (Å²) in [6.07, 6.45) is 0.667. The highest BCUT2D eigenvalue weighted by atomic mass is 16.1. The lowest BCUT2D eigenvalue weighted by atomic mass is 10.1. The Bertz CT molecular complexity index is 394. The van der Waals surface area contributed by atoms with Gasteiger partial charge in [-0.3, -0.25) is 0 Å². The third-order valence-electron chi connectivity index (χ3n) is 2.38. The van der Waals surface area contributed by atoms with Gasteiger partial charge < -0.3 is 4.79 Å². The van der Waals surface area contributed by atoms with Crippen molar-refractivity contribution < 1.29 is 4.79 Å². The molecule has 0 radical (unpaired) electrons. The van der Waals surface area contributed by atoms with Crippen LogP contribution in [-0.4, -0.2) is 5.78 Å². The summed E-state index contributed by atoms with van der Waals surface area (Å²) in [7, 11) is 0. The van der Waals surface area contributed by atoms with Gasteiger partial charge in [0.1, 0.15) is 5.78 Å². The molecule has 0 saturated heterocycles. The maximum atomic E-state index is 9.81. The molecule has 0 atom stereocenters. The van der Waals surface area contributed by atoms with Crippen LogP contribution in [0.15, 0.2) is 60.7 Å². The van der Waals surface area contributed by atoms with Crippen LogP contribution in [0.3, 0.4) is 0 Å². The normalized spacial score (nSPS) is 9.06. The summed E-state index contributed by atoms with van der Waals surface area (Å²) in [5.41, 5.74) is 2.55. The monoisotopic (exact) mass is 226 g/mol. The maximum Gasteiger partial charge on any atom is 0.129 e. The second-order valence-electron chi connectivity index (χ2n) is 3.79. The lowest BCUT2D eigenvalue weighted by molar-refractivity contribution is -0.116. The van der Waals surface area contributed by atoms with E-state index >= 15 is 0 Å². The van der Waals surface area contributed by atoms with Crippen LogP contribution < -0.4 is 0 Å². The van der Waals surface area contributed by atoms with Crippen LogP contribution in [0, 0.1) is 0 Å². The van der Waals surface area contributed by atoms with Crippen LogP contribution in [0.25, 0.3) is 11.1 Å². The molecule has 2 rings (SSSR count). The van der Waals surface area contributed by atoms with E-state index in [0.29, 0.717) is 6.42 Å². The molecule has 0 bridgehead atoms. The van der Waals surface area contributed by atoms with E-state index in [9.17, 15) is 4.79 Å². The van der Waals surface area contributed by atoms with Crippen molar-refractivity contribution in [1.29, 1.82) is 0 Å². The SMILES string of the molecule is CCC(C)=O.c1ccc(-c2ccccc2)cc1. The molecule has 0 spiro atoms. The second kappa shape index (κ2) is 7.39. The lowest BCUT2D eigenvalue weighted by Crippen LogP contribution is -1.80. The van der Waals surface area contributed by atoms with E-state index in [2.05, 4.69) is 48.5 Å². The Balaban J connectivity index is 0.000000249. The van der Waals surface area contributed by atoms with Crippen LogP contribution in [0.4, 0.5) is 0 Å². The first-order chi connectivity index (χ1) is 8.24. The molecule has 0 heterocycles. The van der Waals surface area contributed by atoms with Crippen molar-refractivity contribution in [3.8, 4) is 11.1 Å². The van der Waals surface area contributed by atoms with E-state index in [0.717, 1.165) is 0 Å². The zero-order chi connectivity index (χ0) is 12.5. The molecule has 0 aliphatic carbocycles. The highest BCUT2D eigenvalue weighted by Gasteiger charge is 1.91. The molecule has 0 aliphatic heterocycles. The van der Waals surface area contributed by atoms with Crippen molar-refractivity contribution in [2.75, 3.05) is 0 Å². The molecule has 0 aliphatic rings. The number of ketones is 1. The van der Waals surface area contributed by atoms with Crippen LogP contribution in [-0.2, 0) is 4.79 Å². The van der Waals surface area contributed by atoms with Crippen molar-refractivity contribution in [2.24, 2.45) is 0 Å². The van der Waals surface area contributed by atoms with E-state index in [1.165, 1.54) is 11.1 Å². The third kappa shape index (κ3) is 5.12. The van der Waals surface area contributed by atoms with Gasteiger partial charge in [-0.15, -0.1) is 0 Å². The van der Waals surface area contributed by atoms with Gasteiger partial charge in [-0.25, -0.2) is 0 Å². The number of carbonyl (C=O) groups excluding carboxylic acids is 1. The number of hydrogen-bond acceptors (Lipinski definition) is 1. The average Bonchev–Trinajstić information content (AvgIpc) is 2.41. The lowest BCUT2D eigenvalue weighted by Gasteiger charge is -1.98. The first kappa shape index (κ1) is 13.2. The molecule has 0 fully saturated rings. The van der Waals surface area contributed by atoms with E-state index in [4.69, 9.17) is 0 Å². The van der Waals surface area contributed by atoms with Gasteiger partial charge in [-0.2, -0.15) is 0 Å². The summed E-state index contributed by atoms with van der Waals surface area (Å²) in [5.74, 6) is 0.255. The fourth-order valence-electron chi connectivity index (χ4n) is 1.26. The smallest absolute Gasteiger partial charge is 0.129 e. The highest BCUT2D eigenvalue weighted by Crippen LogP contribution is 2.17. The van der Waals surface area contributed by atoms with Gasteiger partial charge in [0.05, 0.1) is 0 Å². The molecule has 2 aromatic rings. The maximum absolute atomic E-state index is 9.81. The van der Waals surface area contributed by atoms with Crippen LogP contribution in [0.5, 0.6) is 0 Å². The number of rotatable bonds is 2. The minimum atomic E-state index is 0.255. The Labute approximate surface area is 103 Å². The van der Waals surface area contributed by atoms with Crippen molar-refractivity contribution in [1.82, 2.24) is 0 Å². The molecule has 2 aromatic carbocycles. The highest BCUT2D eigenvalue weighted by molar-refractivity contribution is 5.74. The molecule has 17 heavy (non-hydrogen) atoms. The van der Waals surface area contributed by atoms with Gasteiger partial charge in [0.15, 0.2) is 0 Å². The zero-order valence-corrected chi connectivity index (χ0v) is 10.4. The molecule has 1 nitrogen and oxygen atoms in total. The van der Waals surface area contributed by atoms with Gasteiger partial charge in [0, 0.05) is 6.42 Å². The summed E-state index contributed by atoms with van der Waals surface area (Å²) in [6, 6.07) is 20.8. The summed E-state index contributed by atoms with van der Waals surface area (Å²) in [5, 5.41) is 0. The fourth-order valence-corrected chi connectivity index (χ4v) is 1.26. The van der Waals surface area contributed by atoms with Gasteiger partial charge in [-0.05, 0) is 18.1 Å². The molecule has 0 amide bonds. The third-order valence-corrected chi connectivity index (χ3v) is 2.38. The topological polar surface area (TPSA) is 17.1 Å². The Kier molecular flexibility index (Phi) is 5.73. The van der Waals surface area contributed by atoms with Crippen molar-refractivity contribution in [2.45, 2.75) is 20.3 Å². The summed E-state index contributed by atoms with van der Waals surface area (Å²) in [4.78, 5) is 9.81. The summed E-state index contributed by atoms with van der Waals surface area (Å²) < 4.78 is 0. The standard InChI is InChI=1S/C12H10.C4H8O/c1-3-7-11(8-4-1)12-9-5-2-6-10-12;1-3-4(2)5/h1-10H;3H2,1-2H3. The molecule has 0 saturated carbocycles. The predicted octanol–water partition coefficient (Wildman–Crippen LogP) is 4.34. The first-order valence-corrected chi connectivity index (χ1v) is 5.84. The minimum Gasteiger partial charge on any atom is -0.300 e.